The van der Waals surface area contributed by atoms with E-state index in [-0.39, 0.29) is 12.2 Å². The van der Waals surface area contributed by atoms with Crippen molar-refractivity contribution < 1.29 is 9.53 Å². The van der Waals surface area contributed by atoms with Gasteiger partial charge in [0.25, 0.3) is 0 Å². The van der Waals surface area contributed by atoms with E-state index in [1.807, 2.05) is 62.6 Å². The number of pyridine rings is 1. The van der Waals surface area contributed by atoms with Gasteiger partial charge < -0.3 is 9.64 Å². The lowest BCUT2D eigenvalue weighted by atomic mass is 9.98. The highest BCUT2D eigenvalue weighted by Gasteiger charge is 2.18. The summed E-state index contributed by atoms with van der Waals surface area (Å²) in [5.41, 5.74) is 6.35. The second kappa shape index (κ2) is 11.8. The number of ketones is 1. The highest BCUT2D eigenvalue weighted by atomic mass is 16.5. The molecule has 42 heavy (non-hydrogen) atoms. The van der Waals surface area contributed by atoms with E-state index >= 15 is 0 Å². The van der Waals surface area contributed by atoms with Gasteiger partial charge in [0.1, 0.15) is 11.1 Å². The van der Waals surface area contributed by atoms with Gasteiger partial charge in [-0.2, -0.15) is 10.1 Å². The third kappa shape index (κ3) is 6.07. The van der Waals surface area contributed by atoms with Gasteiger partial charge in [-0.05, 0) is 67.4 Å². The first kappa shape index (κ1) is 27.7. The van der Waals surface area contributed by atoms with Gasteiger partial charge in [0.05, 0.1) is 0 Å². The van der Waals surface area contributed by atoms with Crippen molar-refractivity contribution in [1.29, 1.82) is 0 Å². The summed E-state index contributed by atoms with van der Waals surface area (Å²) in [6, 6.07) is 15.7. The minimum absolute atomic E-state index is 0.0794. The molecule has 3 aromatic heterocycles. The summed E-state index contributed by atoms with van der Waals surface area (Å²) in [5, 5.41) is 5.20. The van der Waals surface area contributed by atoms with Crippen molar-refractivity contribution in [3.63, 3.8) is 0 Å². The molecule has 1 aliphatic heterocycles. The number of aromatic nitrogens is 5. The van der Waals surface area contributed by atoms with Crippen LogP contribution in [0.15, 0.2) is 67.1 Å². The molecule has 0 aliphatic carbocycles. The van der Waals surface area contributed by atoms with Crippen LogP contribution < -0.4 is 4.74 Å². The van der Waals surface area contributed by atoms with Crippen LogP contribution >= 0.6 is 0 Å². The van der Waals surface area contributed by atoms with Gasteiger partial charge in [0.15, 0.2) is 17.3 Å². The van der Waals surface area contributed by atoms with Gasteiger partial charge >= 0.3 is 0 Å². The Kier molecular flexibility index (Phi) is 7.78. The van der Waals surface area contributed by atoms with E-state index in [2.05, 4.69) is 44.9 Å². The van der Waals surface area contributed by atoms with Crippen molar-refractivity contribution in [3.05, 3.63) is 94.9 Å². The molecular formula is C33H35N7O2. The van der Waals surface area contributed by atoms with E-state index < -0.39 is 0 Å². The van der Waals surface area contributed by atoms with Crippen LogP contribution in [-0.2, 0) is 20.0 Å². The summed E-state index contributed by atoms with van der Waals surface area (Å²) in [6.07, 6.45) is 5.53. The largest absolute Gasteiger partial charge is 0.438 e. The minimum atomic E-state index is 0.0794. The lowest BCUT2D eigenvalue weighted by molar-refractivity contribution is 0.0993. The Hall–Kier alpha value is -4.47. The lowest BCUT2D eigenvalue weighted by Crippen LogP contribution is -2.43. The molecule has 5 aromatic rings. The number of benzene rings is 2. The van der Waals surface area contributed by atoms with E-state index in [0.29, 0.717) is 28.5 Å². The number of fused-ring (bicyclic) bond motifs is 1. The second-order valence-corrected chi connectivity index (χ2v) is 11.2. The number of carbonyl (C=O) groups is 1. The predicted molar refractivity (Wildman–Crippen MR) is 163 cm³/mol. The number of rotatable bonds is 8. The fourth-order valence-electron chi connectivity index (χ4n) is 5.25. The first-order valence-electron chi connectivity index (χ1n) is 14.2. The summed E-state index contributed by atoms with van der Waals surface area (Å²) in [4.78, 5) is 31.6. The molecule has 4 heterocycles. The summed E-state index contributed by atoms with van der Waals surface area (Å²) < 4.78 is 8.10. The maximum absolute atomic E-state index is 13.3. The average Bonchev–Trinajstić information content (AvgIpc) is 3.38. The number of carbonyl (C=O) groups excluding carboxylic acids is 1. The molecule has 0 saturated carbocycles. The molecule has 214 valence electrons. The number of aryl methyl sites for hydroxylation is 3. The molecule has 1 fully saturated rings. The number of nitrogens with zero attached hydrogens (tertiary/aromatic N) is 7. The summed E-state index contributed by atoms with van der Waals surface area (Å²) >= 11 is 0. The van der Waals surface area contributed by atoms with E-state index in [1.165, 1.54) is 5.56 Å². The zero-order valence-electron chi connectivity index (χ0n) is 24.5. The fourth-order valence-corrected chi connectivity index (χ4v) is 5.25. The molecule has 6 rings (SSSR count). The number of Topliss-reactive ketones (excluding diaryl/α,β-unsaturated/α-hetero) is 1. The highest BCUT2D eigenvalue weighted by molar-refractivity contribution is 5.97. The van der Waals surface area contributed by atoms with Gasteiger partial charge in [0, 0.05) is 75.9 Å². The molecule has 0 spiro atoms. The third-order valence-corrected chi connectivity index (χ3v) is 7.88. The van der Waals surface area contributed by atoms with Crippen molar-refractivity contribution in [2.75, 3.05) is 33.2 Å². The maximum atomic E-state index is 13.3. The molecule has 0 radical (unpaired) electrons. The first-order valence-corrected chi connectivity index (χ1v) is 14.2. The van der Waals surface area contributed by atoms with Crippen molar-refractivity contribution in [2.45, 2.75) is 26.8 Å². The molecular weight excluding hydrogens is 526 g/mol. The van der Waals surface area contributed by atoms with Crippen LogP contribution in [0.5, 0.6) is 11.6 Å². The van der Waals surface area contributed by atoms with E-state index in [1.54, 1.807) is 17.1 Å². The van der Waals surface area contributed by atoms with E-state index in [9.17, 15) is 4.79 Å². The standard InChI is InChI=1S/C33H35N7O2/c1-22-5-6-24(18-29(41)26-7-8-27(23(2)17-26)20-40-15-13-38(3)14-16-40)19-30(22)42-33-28-21-39(4)37-32(28)35-31(36-33)25-9-11-34-12-10-25/h5-12,17,19,21H,13-16,18,20H2,1-4H3. The molecule has 0 N–H and O–H groups in total. The number of piperazine rings is 1. The molecule has 0 unspecified atom stereocenters. The normalized spacial score (nSPS) is 14.4. The topological polar surface area (TPSA) is 89.3 Å². The Labute approximate surface area is 245 Å². The minimum Gasteiger partial charge on any atom is -0.438 e. The van der Waals surface area contributed by atoms with Crippen molar-refractivity contribution in [1.82, 2.24) is 34.5 Å². The number of ether oxygens (including phenoxy) is 1. The number of likely N-dealkylation sites (N-methyl/N-ethyl adjacent to an activating group) is 1. The first-order chi connectivity index (χ1) is 20.3. The monoisotopic (exact) mass is 561 g/mol. The van der Waals surface area contributed by atoms with Gasteiger partial charge in [-0.25, -0.2) is 4.98 Å². The van der Waals surface area contributed by atoms with Crippen LogP contribution in [0.2, 0.25) is 0 Å². The predicted octanol–water partition coefficient (Wildman–Crippen LogP) is 5.01. The van der Waals surface area contributed by atoms with Gasteiger partial charge in [-0.3, -0.25) is 19.4 Å². The van der Waals surface area contributed by atoms with E-state index in [0.717, 1.165) is 60.5 Å². The molecule has 0 atom stereocenters. The Morgan fingerprint density at radius 2 is 1.69 bits per heavy atom. The Balaban J connectivity index is 1.21. The smallest absolute Gasteiger partial charge is 0.234 e. The summed E-state index contributed by atoms with van der Waals surface area (Å²) in [5.74, 6) is 1.64. The molecule has 2 aromatic carbocycles. The quantitative estimate of drug-likeness (QED) is 0.245. The molecule has 9 heteroatoms. The van der Waals surface area contributed by atoms with Crippen molar-refractivity contribution in [2.24, 2.45) is 7.05 Å². The van der Waals surface area contributed by atoms with Gasteiger partial charge in [0.2, 0.25) is 5.88 Å². The van der Waals surface area contributed by atoms with Crippen LogP contribution in [0.1, 0.15) is 32.6 Å². The number of hydrogen-bond acceptors (Lipinski definition) is 8. The Bertz CT molecular complexity index is 1740. The summed E-state index contributed by atoms with van der Waals surface area (Å²) in [7, 11) is 4.01. The van der Waals surface area contributed by atoms with Gasteiger partial charge in [-0.15, -0.1) is 0 Å². The molecule has 0 bridgehead atoms. The molecule has 9 nitrogen and oxygen atoms in total. The number of hydrogen-bond donors (Lipinski definition) is 0. The lowest BCUT2D eigenvalue weighted by Gasteiger charge is -2.32. The highest BCUT2D eigenvalue weighted by Crippen LogP contribution is 2.32. The summed E-state index contributed by atoms with van der Waals surface area (Å²) in [6.45, 7) is 9.32. The molecule has 1 saturated heterocycles. The maximum Gasteiger partial charge on any atom is 0.234 e. The van der Waals surface area contributed by atoms with Crippen LogP contribution in [-0.4, -0.2) is 73.5 Å². The van der Waals surface area contributed by atoms with Crippen LogP contribution in [0.25, 0.3) is 22.4 Å². The van der Waals surface area contributed by atoms with E-state index in [4.69, 9.17) is 9.72 Å². The molecule has 0 amide bonds. The van der Waals surface area contributed by atoms with Crippen molar-refractivity contribution in [3.8, 4) is 23.0 Å². The Morgan fingerprint density at radius 1 is 0.905 bits per heavy atom. The van der Waals surface area contributed by atoms with Crippen molar-refractivity contribution >= 4 is 16.8 Å². The zero-order chi connectivity index (χ0) is 29.2. The molecule has 1 aliphatic rings. The SMILES string of the molecule is Cc1cc(C(=O)Cc2ccc(C)c(Oc3nc(-c4ccncc4)nc4nn(C)cc34)c2)ccc1CN1CCN(C)CC1. The van der Waals surface area contributed by atoms with Crippen LogP contribution in [0, 0.1) is 13.8 Å². The van der Waals surface area contributed by atoms with Crippen LogP contribution in [0.4, 0.5) is 0 Å². The second-order valence-electron chi connectivity index (χ2n) is 11.2. The van der Waals surface area contributed by atoms with Gasteiger partial charge in [-0.1, -0.05) is 24.3 Å². The average molecular weight is 562 g/mol. The Morgan fingerprint density at radius 3 is 2.45 bits per heavy atom. The zero-order valence-corrected chi connectivity index (χ0v) is 24.5. The fraction of sp³-hybridized carbons (Fsp3) is 0.303. The van der Waals surface area contributed by atoms with Crippen LogP contribution in [0.3, 0.4) is 0 Å². The third-order valence-electron chi connectivity index (χ3n) is 7.88.